The third-order valence-electron chi connectivity index (χ3n) is 2.48. The molecule has 0 spiro atoms. The first-order valence-electron chi connectivity index (χ1n) is 4.66. The van der Waals surface area contributed by atoms with E-state index in [-0.39, 0.29) is 6.61 Å². The first-order chi connectivity index (χ1) is 6.79. The SMILES string of the molecule is CCn1c(Cl)c(CO)c2ccccc21. The van der Waals surface area contributed by atoms with Crippen LogP contribution < -0.4 is 0 Å². The number of aryl methyl sites for hydroxylation is 1. The molecule has 0 radical (unpaired) electrons. The van der Waals surface area contributed by atoms with E-state index in [1.54, 1.807) is 0 Å². The smallest absolute Gasteiger partial charge is 0.115 e. The van der Waals surface area contributed by atoms with E-state index in [0.29, 0.717) is 5.15 Å². The summed E-state index contributed by atoms with van der Waals surface area (Å²) in [5.74, 6) is 0. The molecular weight excluding hydrogens is 198 g/mol. The van der Waals surface area contributed by atoms with Gasteiger partial charge in [0, 0.05) is 23.0 Å². The molecule has 0 fully saturated rings. The molecule has 0 amide bonds. The number of aliphatic hydroxyl groups is 1. The van der Waals surface area contributed by atoms with E-state index in [0.717, 1.165) is 23.0 Å². The van der Waals surface area contributed by atoms with Gasteiger partial charge in [-0.3, -0.25) is 0 Å². The van der Waals surface area contributed by atoms with E-state index in [1.165, 1.54) is 0 Å². The number of halogens is 1. The molecule has 2 rings (SSSR count). The highest BCUT2D eigenvalue weighted by Gasteiger charge is 2.12. The lowest BCUT2D eigenvalue weighted by atomic mass is 10.2. The maximum Gasteiger partial charge on any atom is 0.115 e. The van der Waals surface area contributed by atoms with Crippen LogP contribution in [-0.4, -0.2) is 9.67 Å². The molecule has 0 saturated heterocycles. The van der Waals surface area contributed by atoms with Gasteiger partial charge < -0.3 is 9.67 Å². The fourth-order valence-corrected chi connectivity index (χ4v) is 2.18. The lowest BCUT2D eigenvalue weighted by molar-refractivity contribution is 0.283. The van der Waals surface area contributed by atoms with Gasteiger partial charge in [0.25, 0.3) is 0 Å². The van der Waals surface area contributed by atoms with Gasteiger partial charge in [0.15, 0.2) is 0 Å². The van der Waals surface area contributed by atoms with Gasteiger partial charge in [-0.05, 0) is 13.0 Å². The van der Waals surface area contributed by atoms with Crippen molar-refractivity contribution < 1.29 is 5.11 Å². The summed E-state index contributed by atoms with van der Waals surface area (Å²) in [7, 11) is 0. The number of rotatable bonds is 2. The van der Waals surface area contributed by atoms with Crippen LogP contribution in [0.1, 0.15) is 12.5 Å². The molecule has 1 aromatic carbocycles. The van der Waals surface area contributed by atoms with Crippen molar-refractivity contribution in [2.24, 2.45) is 0 Å². The fourth-order valence-electron chi connectivity index (χ4n) is 1.80. The minimum absolute atomic E-state index is 0.00759. The minimum Gasteiger partial charge on any atom is -0.392 e. The van der Waals surface area contributed by atoms with Crippen LogP contribution in [0.2, 0.25) is 5.15 Å². The van der Waals surface area contributed by atoms with Gasteiger partial charge in [-0.2, -0.15) is 0 Å². The van der Waals surface area contributed by atoms with E-state index in [9.17, 15) is 5.11 Å². The van der Waals surface area contributed by atoms with E-state index in [1.807, 2.05) is 35.8 Å². The van der Waals surface area contributed by atoms with Gasteiger partial charge in [0.1, 0.15) is 5.15 Å². The number of nitrogens with zero attached hydrogens (tertiary/aromatic N) is 1. The summed E-state index contributed by atoms with van der Waals surface area (Å²) < 4.78 is 2.00. The average molecular weight is 210 g/mol. The zero-order valence-corrected chi connectivity index (χ0v) is 8.75. The summed E-state index contributed by atoms with van der Waals surface area (Å²) >= 11 is 6.16. The lowest BCUT2D eigenvalue weighted by Gasteiger charge is -2.01. The Morgan fingerprint density at radius 1 is 1.36 bits per heavy atom. The number of para-hydroxylation sites is 1. The van der Waals surface area contributed by atoms with E-state index < -0.39 is 0 Å². The molecule has 0 aliphatic heterocycles. The summed E-state index contributed by atoms with van der Waals surface area (Å²) in [5.41, 5.74) is 1.91. The Morgan fingerprint density at radius 2 is 2.07 bits per heavy atom. The summed E-state index contributed by atoms with van der Waals surface area (Å²) in [4.78, 5) is 0. The Bertz CT molecular complexity index is 421. The van der Waals surface area contributed by atoms with Crippen LogP contribution in [0.5, 0.6) is 0 Å². The van der Waals surface area contributed by atoms with E-state index in [2.05, 4.69) is 0 Å². The number of hydrogen-bond acceptors (Lipinski definition) is 1. The molecule has 2 aromatic rings. The van der Waals surface area contributed by atoms with Crippen LogP contribution in [0.25, 0.3) is 10.9 Å². The third-order valence-corrected chi connectivity index (χ3v) is 2.91. The van der Waals surface area contributed by atoms with Gasteiger partial charge >= 0.3 is 0 Å². The van der Waals surface area contributed by atoms with E-state index >= 15 is 0 Å². The lowest BCUT2D eigenvalue weighted by Crippen LogP contribution is -1.93. The van der Waals surface area contributed by atoms with Crippen LogP contribution in [0, 0.1) is 0 Å². The second-order valence-electron chi connectivity index (χ2n) is 3.19. The molecule has 0 unspecified atom stereocenters. The Labute approximate surface area is 87.7 Å². The quantitative estimate of drug-likeness (QED) is 0.809. The Morgan fingerprint density at radius 3 is 2.71 bits per heavy atom. The normalized spacial score (nSPS) is 11.1. The number of hydrogen-bond donors (Lipinski definition) is 1. The summed E-state index contributed by atoms with van der Waals surface area (Å²) in [6.45, 7) is 2.85. The van der Waals surface area contributed by atoms with Crippen LogP contribution >= 0.6 is 11.6 Å². The zero-order chi connectivity index (χ0) is 10.1. The highest BCUT2D eigenvalue weighted by Crippen LogP contribution is 2.29. The number of aromatic nitrogens is 1. The summed E-state index contributed by atoms with van der Waals surface area (Å²) in [5, 5.41) is 10.9. The van der Waals surface area contributed by atoms with Gasteiger partial charge in [-0.15, -0.1) is 0 Å². The van der Waals surface area contributed by atoms with Crippen molar-refractivity contribution >= 4 is 22.5 Å². The molecule has 14 heavy (non-hydrogen) atoms. The van der Waals surface area contributed by atoms with Crippen molar-refractivity contribution in [3.05, 3.63) is 35.0 Å². The molecule has 2 nitrogen and oxygen atoms in total. The Hall–Kier alpha value is -0.990. The molecule has 3 heteroatoms. The van der Waals surface area contributed by atoms with Crippen molar-refractivity contribution in [1.82, 2.24) is 4.57 Å². The van der Waals surface area contributed by atoms with Crippen molar-refractivity contribution in [3.8, 4) is 0 Å². The zero-order valence-electron chi connectivity index (χ0n) is 8.00. The molecule has 1 aromatic heterocycles. The second kappa shape index (κ2) is 3.64. The monoisotopic (exact) mass is 209 g/mol. The third kappa shape index (κ3) is 1.22. The van der Waals surface area contributed by atoms with Crippen molar-refractivity contribution in [2.45, 2.75) is 20.1 Å². The predicted molar refractivity (Wildman–Crippen MR) is 58.5 cm³/mol. The second-order valence-corrected chi connectivity index (χ2v) is 3.55. The summed E-state index contributed by atoms with van der Waals surface area (Å²) in [6.07, 6.45) is 0. The first kappa shape index (κ1) is 9.56. The maximum absolute atomic E-state index is 9.23. The molecule has 0 saturated carbocycles. The van der Waals surface area contributed by atoms with Crippen LogP contribution in [-0.2, 0) is 13.2 Å². The maximum atomic E-state index is 9.23. The standard InChI is InChI=1S/C11H12ClNO/c1-2-13-10-6-4-3-5-8(10)9(7-14)11(13)12/h3-6,14H,2,7H2,1H3. The van der Waals surface area contributed by atoms with Crippen molar-refractivity contribution in [2.75, 3.05) is 0 Å². The first-order valence-corrected chi connectivity index (χ1v) is 5.03. The predicted octanol–water partition coefficient (Wildman–Crippen LogP) is 2.81. The number of aliphatic hydroxyl groups excluding tert-OH is 1. The average Bonchev–Trinajstić information content (AvgIpc) is 2.49. The van der Waals surface area contributed by atoms with Gasteiger partial charge in [-0.1, -0.05) is 29.8 Å². The van der Waals surface area contributed by atoms with Crippen molar-refractivity contribution in [1.29, 1.82) is 0 Å². The Kier molecular flexibility index (Phi) is 2.48. The summed E-state index contributed by atoms with van der Waals surface area (Å²) in [6, 6.07) is 7.94. The Balaban J connectivity index is 2.85. The fraction of sp³-hybridized carbons (Fsp3) is 0.273. The van der Waals surface area contributed by atoms with Gasteiger partial charge in [0.2, 0.25) is 0 Å². The molecule has 0 aliphatic carbocycles. The molecule has 1 N–H and O–H groups in total. The highest BCUT2D eigenvalue weighted by atomic mass is 35.5. The minimum atomic E-state index is -0.00759. The molecule has 74 valence electrons. The largest absolute Gasteiger partial charge is 0.392 e. The van der Waals surface area contributed by atoms with Crippen LogP contribution in [0.15, 0.2) is 24.3 Å². The van der Waals surface area contributed by atoms with Gasteiger partial charge in [-0.25, -0.2) is 0 Å². The number of fused-ring (bicyclic) bond motifs is 1. The van der Waals surface area contributed by atoms with Gasteiger partial charge in [0.05, 0.1) is 6.61 Å². The highest BCUT2D eigenvalue weighted by molar-refractivity contribution is 6.32. The molecule has 0 atom stereocenters. The topological polar surface area (TPSA) is 25.2 Å². The molecule has 0 aliphatic rings. The molecule has 0 bridgehead atoms. The molecule has 1 heterocycles. The van der Waals surface area contributed by atoms with E-state index in [4.69, 9.17) is 11.6 Å². The van der Waals surface area contributed by atoms with Crippen LogP contribution in [0.4, 0.5) is 0 Å². The number of benzene rings is 1. The van der Waals surface area contributed by atoms with Crippen molar-refractivity contribution in [3.63, 3.8) is 0 Å². The van der Waals surface area contributed by atoms with Crippen LogP contribution in [0.3, 0.4) is 0 Å². The molecular formula is C11H12ClNO.